The molecule has 8 heteroatoms. The molecule has 2 aromatic rings. The molecule has 2 rings (SSSR count). The molecule has 25 heavy (non-hydrogen) atoms. The molecule has 7 nitrogen and oxygen atoms in total. The van der Waals surface area contributed by atoms with Crippen LogP contribution in [0.25, 0.3) is 0 Å². The van der Waals surface area contributed by atoms with Gasteiger partial charge in [0.25, 0.3) is 0 Å². The van der Waals surface area contributed by atoms with Gasteiger partial charge in [-0.25, -0.2) is 8.42 Å². The number of likely N-dealkylation sites (N-methyl/N-ethyl adjacent to an activating group) is 1. The molecule has 1 amide bonds. The molecule has 0 saturated carbocycles. The molecule has 2 aromatic carbocycles. The lowest BCUT2D eigenvalue weighted by Crippen LogP contribution is -2.34. The maximum absolute atomic E-state index is 12.5. The zero-order chi connectivity index (χ0) is 18.4. The van der Waals surface area contributed by atoms with Crippen molar-refractivity contribution in [3.63, 3.8) is 0 Å². The number of nitriles is 1. The Kier molecular flexibility index (Phi) is 5.75. The van der Waals surface area contributed by atoms with Gasteiger partial charge in [-0.2, -0.15) is 9.57 Å². The number of hydrogen-bond donors (Lipinski definition) is 1. The third-order valence-electron chi connectivity index (χ3n) is 3.43. The summed E-state index contributed by atoms with van der Waals surface area (Å²) < 4.78 is 30.9. The quantitative estimate of drug-likeness (QED) is 0.848. The Balaban J connectivity index is 2.04. The highest BCUT2D eigenvalue weighted by Crippen LogP contribution is 2.18. The van der Waals surface area contributed by atoms with Crippen molar-refractivity contribution in [1.29, 1.82) is 5.26 Å². The van der Waals surface area contributed by atoms with Gasteiger partial charge >= 0.3 is 0 Å². The van der Waals surface area contributed by atoms with E-state index in [-0.39, 0.29) is 11.4 Å². The van der Waals surface area contributed by atoms with E-state index in [0.29, 0.717) is 17.0 Å². The lowest BCUT2D eigenvalue weighted by molar-refractivity contribution is -0.116. The molecule has 0 aliphatic carbocycles. The Morgan fingerprint density at radius 1 is 1.16 bits per heavy atom. The van der Waals surface area contributed by atoms with E-state index in [4.69, 9.17) is 10.00 Å². The molecule has 130 valence electrons. The molecule has 0 aliphatic heterocycles. The third kappa shape index (κ3) is 4.56. The molecule has 0 spiro atoms. The zero-order valence-corrected chi connectivity index (χ0v) is 14.6. The predicted molar refractivity (Wildman–Crippen MR) is 92.6 cm³/mol. The van der Waals surface area contributed by atoms with E-state index in [1.165, 1.54) is 38.4 Å². The van der Waals surface area contributed by atoms with Gasteiger partial charge in [0.05, 0.1) is 30.2 Å². The van der Waals surface area contributed by atoms with Crippen LogP contribution in [0, 0.1) is 11.3 Å². The lowest BCUT2D eigenvalue weighted by Gasteiger charge is -2.17. The molecular weight excluding hydrogens is 342 g/mol. The first-order valence-corrected chi connectivity index (χ1v) is 8.71. The second-order valence-electron chi connectivity index (χ2n) is 5.17. The Bertz CT molecular complexity index is 885. The summed E-state index contributed by atoms with van der Waals surface area (Å²) >= 11 is 0. The van der Waals surface area contributed by atoms with Gasteiger partial charge in [-0.15, -0.1) is 0 Å². The lowest BCUT2D eigenvalue weighted by atomic mass is 10.2. The second-order valence-corrected chi connectivity index (χ2v) is 7.22. The number of ether oxygens (including phenoxy) is 1. The maximum atomic E-state index is 12.5. The molecule has 0 fully saturated rings. The minimum Gasteiger partial charge on any atom is -0.497 e. The fourth-order valence-corrected chi connectivity index (χ4v) is 3.17. The van der Waals surface area contributed by atoms with Crippen LogP contribution in [0.3, 0.4) is 0 Å². The first-order valence-electron chi connectivity index (χ1n) is 7.27. The van der Waals surface area contributed by atoms with Crippen LogP contribution in [-0.4, -0.2) is 39.3 Å². The highest BCUT2D eigenvalue weighted by Gasteiger charge is 2.23. The third-order valence-corrected chi connectivity index (χ3v) is 5.25. The number of nitrogens with one attached hydrogen (secondary N) is 1. The van der Waals surface area contributed by atoms with Crippen LogP contribution < -0.4 is 10.1 Å². The Morgan fingerprint density at radius 2 is 1.76 bits per heavy atom. The number of methoxy groups -OCH3 is 1. The summed E-state index contributed by atoms with van der Waals surface area (Å²) in [5.74, 6) is 0.0597. The minimum absolute atomic E-state index is 0.0713. The summed E-state index contributed by atoms with van der Waals surface area (Å²) in [6, 6.07) is 14.2. The number of hydrogen-bond acceptors (Lipinski definition) is 5. The van der Waals surface area contributed by atoms with Crippen molar-refractivity contribution in [3.05, 3.63) is 54.1 Å². The van der Waals surface area contributed by atoms with Crippen LogP contribution in [0.1, 0.15) is 5.56 Å². The van der Waals surface area contributed by atoms with Gasteiger partial charge in [-0.1, -0.05) is 0 Å². The van der Waals surface area contributed by atoms with Crippen LogP contribution >= 0.6 is 0 Å². The predicted octanol–water partition coefficient (Wildman–Crippen LogP) is 1.83. The number of rotatable bonds is 6. The van der Waals surface area contributed by atoms with Crippen LogP contribution in [-0.2, 0) is 14.8 Å². The van der Waals surface area contributed by atoms with Gasteiger partial charge in [-0.05, 0) is 48.5 Å². The fraction of sp³-hybridized carbons (Fsp3) is 0.176. The number of anilines is 1. The molecule has 0 saturated heterocycles. The summed E-state index contributed by atoms with van der Waals surface area (Å²) in [6.07, 6.45) is 0. The van der Waals surface area contributed by atoms with Crippen LogP contribution in [0.2, 0.25) is 0 Å². The monoisotopic (exact) mass is 359 g/mol. The molecule has 0 radical (unpaired) electrons. The number of nitrogens with zero attached hydrogens (tertiary/aromatic N) is 2. The summed E-state index contributed by atoms with van der Waals surface area (Å²) in [5.41, 5.74) is 0.955. The molecule has 0 atom stereocenters. The summed E-state index contributed by atoms with van der Waals surface area (Å²) in [5, 5.41) is 11.3. The van der Waals surface area contributed by atoms with Crippen LogP contribution in [0.5, 0.6) is 5.75 Å². The van der Waals surface area contributed by atoms with E-state index >= 15 is 0 Å². The average Bonchev–Trinajstić information content (AvgIpc) is 2.62. The Morgan fingerprint density at radius 3 is 2.28 bits per heavy atom. The van der Waals surface area contributed by atoms with Gasteiger partial charge in [0.15, 0.2) is 0 Å². The summed E-state index contributed by atoms with van der Waals surface area (Å²) in [7, 11) is -0.968. The van der Waals surface area contributed by atoms with Gasteiger partial charge in [0.1, 0.15) is 5.75 Å². The number of carbonyl (C=O) groups is 1. The number of sulfonamides is 1. The summed E-state index contributed by atoms with van der Waals surface area (Å²) in [6.45, 7) is -0.339. The number of carbonyl (C=O) groups excluding carboxylic acids is 1. The van der Waals surface area contributed by atoms with Gasteiger partial charge < -0.3 is 10.1 Å². The summed E-state index contributed by atoms with van der Waals surface area (Å²) in [4.78, 5) is 12.1. The van der Waals surface area contributed by atoms with Crippen molar-refractivity contribution < 1.29 is 17.9 Å². The number of benzene rings is 2. The molecule has 0 aromatic heterocycles. The molecule has 0 aliphatic rings. The molecule has 0 bridgehead atoms. The van der Waals surface area contributed by atoms with Crippen molar-refractivity contribution in [2.24, 2.45) is 0 Å². The maximum Gasteiger partial charge on any atom is 0.243 e. The molecule has 1 N–H and O–H groups in total. The van der Waals surface area contributed by atoms with E-state index in [2.05, 4.69) is 5.32 Å². The van der Waals surface area contributed by atoms with Crippen molar-refractivity contribution in [3.8, 4) is 11.8 Å². The van der Waals surface area contributed by atoms with E-state index in [1.807, 2.05) is 6.07 Å². The normalized spacial score (nSPS) is 11.0. The Hall–Kier alpha value is -2.89. The first kappa shape index (κ1) is 18.4. The SMILES string of the molecule is COc1ccc(S(=O)(=O)N(C)CC(=O)Nc2ccc(C#N)cc2)cc1. The van der Waals surface area contributed by atoms with Crippen molar-refractivity contribution in [2.45, 2.75) is 4.90 Å². The van der Waals surface area contributed by atoms with Crippen molar-refractivity contribution >= 4 is 21.6 Å². The van der Waals surface area contributed by atoms with E-state index in [1.54, 1.807) is 24.3 Å². The zero-order valence-electron chi connectivity index (χ0n) is 13.8. The molecule has 0 unspecified atom stereocenters. The van der Waals surface area contributed by atoms with Gasteiger partial charge in [0.2, 0.25) is 15.9 Å². The van der Waals surface area contributed by atoms with Crippen LogP contribution in [0.15, 0.2) is 53.4 Å². The standard InChI is InChI=1S/C17H17N3O4S/c1-20(25(22,23)16-9-7-15(24-2)8-10-16)12-17(21)19-14-5-3-13(11-18)4-6-14/h3-10H,12H2,1-2H3,(H,19,21). The minimum atomic E-state index is -3.79. The van der Waals surface area contributed by atoms with Gasteiger partial charge in [0, 0.05) is 12.7 Å². The number of amides is 1. The van der Waals surface area contributed by atoms with Crippen molar-refractivity contribution in [2.75, 3.05) is 26.0 Å². The second kappa shape index (κ2) is 7.79. The van der Waals surface area contributed by atoms with Gasteiger partial charge in [-0.3, -0.25) is 4.79 Å². The first-order chi connectivity index (χ1) is 11.9. The van der Waals surface area contributed by atoms with E-state index in [9.17, 15) is 13.2 Å². The van der Waals surface area contributed by atoms with E-state index in [0.717, 1.165) is 4.31 Å². The molecular formula is C17H17N3O4S. The highest BCUT2D eigenvalue weighted by molar-refractivity contribution is 7.89. The van der Waals surface area contributed by atoms with Crippen LogP contribution in [0.4, 0.5) is 5.69 Å². The topological polar surface area (TPSA) is 99.5 Å². The largest absolute Gasteiger partial charge is 0.497 e. The smallest absolute Gasteiger partial charge is 0.243 e. The van der Waals surface area contributed by atoms with Crippen molar-refractivity contribution in [1.82, 2.24) is 4.31 Å². The Labute approximate surface area is 146 Å². The average molecular weight is 359 g/mol. The molecule has 0 heterocycles. The van der Waals surface area contributed by atoms with E-state index < -0.39 is 15.9 Å². The fourth-order valence-electron chi connectivity index (χ4n) is 2.04. The highest BCUT2D eigenvalue weighted by atomic mass is 32.2.